The van der Waals surface area contributed by atoms with Crippen molar-refractivity contribution in [3.05, 3.63) is 47.5 Å². The van der Waals surface area contributed by atoms with Crippen molar-refractivity contribution >= 4 is 10.8 Å². The zero-order valence-corrected chi connectivity index (χ0v) is 10.5. The van der Waals surface area contributed by atoms with Crippen molar-refractivity contribution in [1.82, 2.24) is 0 Å². The highest BCUT2D eigenvalue weighted by Crippen LogP contribution is 2.53. The van der Waals surface area contributed by atoms with Crippen LogP contribution in [0.1, 0.15) is 38.8 Å². The van der Waals surface area contributed by atoms with Gasteiger partial charge in [0, 0.05) is 0 Å². The molecule has 0 amide bonds. The Morgan fingerprint density at radius 3 is 1.56 bits per heavy atom. The lowest BCUT2D eigenvalue weighted by atomic mass is 9.66. The van der Waals surface area contributed by atoms with Crippen LogP contribution in [-0.2, 0) is 10.8 Å². The van der Waals surface area contributed by atoms with Gasteiger partial charge in [-0.1, -0.05) is 64.1 Å². The molecule has 0 heteroatoms. The molecular weight excluding hydrogens is 192 g/mol. The molecular formula is C16H18. The summed E-state index contributed by atoms with van der Waals surface area (Å²) in [4.78, 5) is 0. The Kier molecular flexibility index (Phi) is 1.66. The first kappa shape index (κ1) is 9.89. The molecule has 0 heterocycles. The summed E-state index contributed by atoms with van der Waals surface area (Å²) in [5.41, 5.74) is 3.45. The third-order valence-corrected chi connectivity index (χ3v) is 4.81. The fourth-order valence-corrected chi connectivity index (χ4v) is 3.06. The molecule has 82 valence electrons. The minimum absolute atomic E-state index is 0.218. The second-order valence-corrected chi connectivity index (χ2v) is 5.96. The molecule has 0 atom stereocenters. The Hall–Kier alpha value is -1.30. The van der Waals surface area contributed by atoms with Gasteiger partial charge in [-0.25, -0.2) is 0 Å². The molecule has 1 aliphatic carbocycles. The molecule has 1 aliphatic rings. The highest BCUT2D eigenvalue weighted by molar-refractivity contribution is 5.93. The van der Waals surface area contributed by atoms with E-state index in [1.54, 1.807) is 0 Å². The first-order valence-electron chi connectivity index (χ1n) is 5.99. The zero-order valence-electron chi connectivity index (χ0n) is 10.5. The molecule has 16 heavy (non-hydrogen) atoms. The third-order valence-electron chi connectivity index (χ3n) is 4.81. The molecule has 0 unspecified atom stereocenters. The summed E-state index contributed by atoms with van der Waals surface area (Å²) in [5, 5.41) is 2.87. The molecule has 2 aromatic rings. The van der Waals surface area contributed by atoms with Gasteiger partial charge < -0.3 is 0 Å². The maximum absolute atomic E-state index is 2.36. The fourth-order valence-electron chi connectivity index (χ4n) is 3.06. The van der Waals surface area contributed by atoms with Gasteiger partial charge in [0.25, 0.3) is 0 Å². The Morgan fingerprint density at radius 1 is 0.688 bits per heavy atom. The van der Waals surface area contributed by atoms with Crippen LogP contribution in [0, 0.1) is 0 Å². The van der Waals surface area contributed by atoms with E-state index >= 15 is 0 Å². The Labute approximate surface area is 97.3 Å². The summed E-state index contributed by atoms with van der Waals surface area (Å²) in [7, 11) is 0. The molecule has 0 radical (unpaired) electrons. The summed E-state index contributed by atoms with van der Waals surface area (Å²) < 4.78 is 0. The average Bonchev–Trinajstić information content (AvgIpc) is 2.40. The van der Waals surface area contributed by atoms with Gasteiger partial charge in [0.05, 0.1) is 0 Å². The van der Waals surface area contributed by atoms with Gasteiger partial charge in [0.1, 0.15) is 0 Å². The summed E-state index contributed by atoms with van der Waals surface area (Å²) in [6, 6.07) is 13.4. The monoisotopic (exact) mass is 210 g/mol. The van der Waals surface area contributed by atoms with Crippen LogP contribution >= 0.6 is 0 Å². The summed E-state index contributed by atoms with van der Waals surface area (Å²) in [6.07, 6.45) is 0. The fraction of sp³-hybridized carbons (Fsp3) is 0.375. The van der Waals surface area contributed by atoms with Gasteiger partial charge in [-0.15, -0.1) is 0 Å². The van der Waals surface area contributed by atoms with Crippen LogP contribution in [-0.4, -0.2) is 0 Å². The van der Waals surface area contributed by atoms with Crippen molar-refractivity contribution in [3.8, 4) is 0 Å². The molecule has 0 bridgehead atoms. The highest BCUT2D eigenvalue weighted by atomic mass is 14.5. The van der Waals surface area contributed by atoms with Crippen molar-refractivity contribution in [2.24, 2.45) is 0 Å². The molecule has 0 saturated carbocycles. The largest absolute Gasteiger partial charge is 0.0613 e. The SMILES string of the molecule is CC1(C)c2cccc3cccc(c23)C1(C)C. The standard InChI is InChI=1S/C16H18/c1-15(2)12-9-5-7-11-8-6-10-13(14(11)12)16(15,3)4/h5-10H,1-4H3. The van der Waals surface area contributed by atoms with Crippen molar-refractivity contribution in [2.45, 2.75) is 38.5 Å². The van der Waals surface area contributed by atoms with E-state index in [0.717, 1.165) is 0 Å². The molecule has 0 N–H and O–H groups in total. The van der Waals surface area contributed by atoms with E-state index in [2.05, 4.69) is 64.1 Å². The lowest BCUT2D eigenvalue weighted by Gasteiger charge is -2.37. The molecule has 0 fully saturated rings. The lowest BCUT2D eigenvalue weighted by Crippen LogP contribution is -2.35. The van der Waals surface area contributed by atoms with Gasteiger partial charge in [-0.3, -0.25) is 0 Å². The van der Waals surface area contributed by atoms with E-state index in [1.165, 1.54) is 21.9 Å². The van der Waals surface area contributed by atoms with Crippen LogP contribution in [0.15, 0.2) is 36.4 Å². The van der Waals surface area contributed by atoms with Gasteiger partial charge in [0.2, 0.25) is 0 Å². The molecule has 0 aromatic heterocycles. The van der Waals surface area contributed by atoms with Crippen LogP contribution in [0.25, 0.3) is 10.8 Å². The van der Waals surface area contributed by atoms with Gasteiger partial charge in [-0.05, 0) is 32.7 Å². The number of hydrogen-bond acceptors (Lipinski definition) is 0. The second kappa shape index (κ2) is 2.68. The summed E-state index contributed by atoms with van der Waals surface area (Å²) in [6.45, 7) is 9.45. The molecule has 2 aromatic carbocycles. The molecule has 0 nitrogen and oxygen atoms in total. The van der Waals surface area contributed by atoms with Crippen LogP contribution in [0.5, 0.6) is 0 Å². The summed E-state index contributed by atoms with van der Waals surface area (Å²) in [5.74, 6) is 0. The van der Waals surface area contributed by atoms with E-state index in [4.69, 9.17) is 0 Å². The highest BCUT2D eigenvalue weighted by Gasteiger charge is 2.46. The van der Waals surface area contributed by atoms with Crippen molar-refractivity contribution in [2.75, 3.05) is 0 Å². The first-order valence-corrected chi connectivity index (χ1v) is 5.99. The van der Waals surface area contributed by atoms with Gasteiger partial charge in [-0.2, -0.15) is 0 Å². The molecule has 0 aliphatic heterocycles. The summed E-state index contributed by atoms with van der Waals surface area (Å²) >= 11 is 0. The topological polar surface area (TPSA) is 0 Å². The molecule has 0 saturated heterocycles. The Morgan fingerprint density at radius 2 is 1.12 bits per heavy atom. The number of rotatable bonds is 0. The van der Waals surface area contributed by atoms with E-state index in [9.17, 15) is 0 Å². The maximum atomic E-state index is 2.36. The Bertz CT molecular complexity index is 525. The van der Waals surface area contributed by atoms with E-state index < -0.39 is 0 Å². The number of hydrogen-bond donors (Lipinski definition) is 0. The average molecular weight is 210 g/mol. The van der Waals surface area contributed by atoms with Gasteiger partial charge >= 0.3 is 0 Å². The van der Waals surface area contributed by atoms with Crippen LogP contribution < -0.4 is 0 Å². The van der Waals surface area contributed by atoms with Crippen LogP contribution in [0.2, 0.25) is 0 Å². The smallest absolute Gasteiger partial charge is 0.000558 e. The van der Waals surface area contributed by atoms with Crippen molar-refractivity contribution in [3.63, 3.8) is 0 Å². The molecule has 0 spiro atoms. The minimum atomic E-state index is 0.218. The molecule has 3 rings (SSSR count). The van der Waals surface area contributed by atoms with Crippen LogP contribution in [0.4, 0.5) is 0 Å². The van der Waals surface area contributed by atoms with Crippen molar-refractivity contribution in [1.29, 1.82) is 0 Å². The van der Waals surface area contributed by atoms with E-state index in [1.807, 2.05) is 0 Å². The first-order chi connectivity index (χ1) is 7.46. The predicted molar refractivity (Wildman–Crippen MR) is 70.0 cm³/mol. The minimum Gasteiger partial charge on any atom is -0.0613 e. The predicted octanol–water partition coefficient (Wildman–Crippen LogP) is 4.41. The third kappa shape index (κ3) is 0.910. The second-order valence-electron chi connectivity index (χ2n) is 5.96. The van der Waals surface area contributed by atoms with Gasteiger partial charge in [0.15, 0.2) is 0 Å². The number of benzene rings is 2. The zero-order chi connectivity index (χ0) is 11.6. The normalized spacial score (nSPS) is 20.2. The van der Waals surface area contributed by atoms with Crippen molar-refractivity contribution < 1.29 is 0 Å². The van der Waals surface area contributed by atoms with E-state index in [-0.39, 0.29) is 10.8 Å². The maximum Gasteiger partial charge on any atom is -0.000558 e. The lowest BCUT2D eigenvalue weighted by molar-refractivity contribution is 0.322. The van der Waals surface area contributed by atoms with Crippen LogP contribution in [0.3, 0.4) is 0 Å². The Balaban J connectivity index is 2.54. The van der Waals surface area contributed by atoms with E-state index in [0.29, 0.717) is 0 Å². The quantitative estimate of drug-likeness (QED) is 0.604.